The van der Waals surface area contributed by atoms with Crippen molar-refractivity contribution in [2.45, 2.75) is 27.2 Å². The average Bonchev–Trinajstić information content (AvgIpc) is 2.73. The summed E-state index contributed by atoms with van der Waals surface area (Å²) >= 11 is 0. The Labute approximate surface area is 119 Å². The van der Waals surface area contributed by atoms with E-state index in [-0.39, 0.29) is 17.7 Å². The Hall–Kier alpha value is -1.91. The molecule has 0 aliphatic carbocycles. The number of carbonyl (C=O) groups is 2. The van der Waals surface area contributed by atoms with Gasteiger partial charge >= 0.3 is 0 Å². The lowest BCUT2D eigenvalue weighted by atomic mass is 10.1. The molecule has 1 aliphatic heterocycles. The van der Waals surface area contributed by atoms with Crippen LogP contribution in [0, 0.1) is 18.8 Å². The van der Waals surface area contributed by atoms with Crippen molar-refractivity contribution in [1.82, 2.24) is 9.88 Å². The van der Waals surface area contributed by atoms with Crippen LogP contribution in [-0.2, 0) is 9.59 Å². The minimum absolute atomic E-state index is 0.0663. The zero-order valence-electron chi connectivity index (χ0n) is 12.2. The van der Waals surface area contributed by atoms with E-state index in [9.17, 15) is 9.59 Å². The van der Waals surface area contributed by atoms with Crippen LogP contribution in [0.25, 0.3) is 0 Å². The molecule has 5 heteroatoms. The predicted octanol–water partition coefficient (Wildman–Crippen LogP) is 1.83. The fourth-order valence-corrected chi connectivity index (χ4v) is 2.40. The number of nitrogens with zero attached hydrogens (tertiary/aromatic N) is 2. The molecule has 2 amide bonds. The molecule has 0 aromatic carbocycles. The van der Waals surface area contributed by atoms with Crippen molar-refractivity contribution in [2.24, 2.45) is 11.8 Å². The van der Waals surface area contributed by atoms with Gasteiger partial charge in [0.05, 0.1) is 5.92 Å². The lowest BCUT2D eigenvalue weighted by Crippen LogP contribution is -2.31. The molecule has 0 saturated carbocycles. The van der Waals surface area contributed by atoms with Crippen molar-refractivity contribution < 1.29 is 9.59 Å². The molecule has 0 radical (unpaired) electrons. The molecule has 1 aliphatic rings. The van der Waals surface area contributed by atoms with Crippen LogP contribution >= 0.6 is 0 Å². The molecule has 0 bridgehead atoms. The fraction of sp³-hybridized carbons (Fsp3) is 0.533. The number of anilines is 1. The number of pyridine rings is 1. The first-order chi connectivity index (χ1) is 9.47. The highest BCUT2D eigenvalue weighted by Crippen LogP contribution is 2.21. The number of hydrogen-bond donors (Lipinski definition) is 1. The van der Waals surface area contributed by atoms with Crippen LogP contribution in [0.2, 0.25) is 0 Å². The van der Waals surface area contributed by atoms with Crippen molar-refractivity contribution in [2.75, 3.05) is 18.4 Å². The summed E-state index contributed by atoms with van der Waals surface area (Å²) in [6, 6.07) is 3.72. The molecule has 20 heavy (non-hydrogen) atoms. The number of hydrogen-bond acceptors (Lipinski definition) is 3. The highest BCUT2D eigenvalue weighted by Gasteiger charge is 2.34. The Morgan fingerprint density at radius 2 is 2.30 bits per heavy atom. The predicted molar refractivity (Wildman–Crippen MR) is 77.1 cm³/mol. The highest BCUT2D eigenvalue weighted by atomic mass is 16.2. The lowest BCUT2D eigenvalue weighted by Gasteiger charge is -2.18. The number of aryl methyl sites for hydroxylation is 1. The number of rotatable bonds is 4. The quantitative estimate of drug-likeness (QED) is 0.912. The van der Waals surface area contributed by atoms with Gasteiger partial charge < -0.3 is 10.2 Å². The van der Waals surface area contributed by atoms with E-state index < -0.39 is 0 Å². The summed E-state index contributed by atoms with van der Waals surface area (Å²) in [6.45, 7) is 7.25. The van der Waals surface area contributed by atoms with Crippen molar-refractivity contribution in [3.63, 3.8) is 0 Å². The maximum Gasteiger partial charge on any atom is 0.230 e. The number of carbonyl (C=O) groups excluding carboxylic acids is 2. The Bertz CT molecular complexity index is 514. The molecule has 1 fully saturated rings. The molecule has 1 atom stereocenters. The first-order valence-corrected chi connectivity index (χ1v) is 6.97. The van der Waals surface area contributed by atoms with Gasteiger partial charge in [-0.3, -0.25) is 9.59 Å². The van der Waals surface area contributed by atoms with Gasteiger partial charge in [-0.05, 0) is 24.5 Å². The van der Waals surface area contributed by atoms with Crippen LogP contribution in [0.4, 0.5) is 5.82 Å². The maximum absolute atomic E-state index is 12.2. The van der Waals surface area contributed by atoms with Crippen LogP contribution in [0.1, 0.15) is 25.8 Å². The average molecular weight is 275 g/mol. The summed E-state index contributed by atoms with van der Waals surface area (Å²) in [6.07, 6.45) is 1.94. The zero-order chi connectivity index (χ0) is 14.7. The van der Waals surface area contributed by atoms with E-state index >= 15 is 0 Å². The van der Waals surface area contributed by atoms with Gasteiger partial charge in [0.1, 0.15) is 5.82 Å². The van der Waals surface area contributed by atoms with Gasteiger partial charge in [0.2, 0.25) is 11.8 Å². The number of nitrogens with one attached hydrogen (secondary N) is 1. The molecule has 0 unspecified atom stereocenters. The summed E-state index contributed by atoms with van der Waals surface area (Å²) in [5.41, 5.74) is 0.921. The fourth-order valence-electron chi connectivity index (χ4n) is 2.40. The Morgan fingerprint density at radius 3 is 2.95 bits per heavy atom. The standard InChI is InChI=1S/C15H21N3O2/c1-10(2)8-18-9-12(7-13(18)19)15(20)17-14-11(3)5-4-6-16-14/h4-6,10,12H,7-9H2,1-3H3,(H,16,17,20)/t12-/m1/s1. The van der Waals surface area contributed by atoms with Gasteiger partial charge in [-0.1, -0.05) is 19.9 Å². The van der Waals surface area contributed by atoms with Crippen molar-refractivity contribution in [3.05, 3.63) is 23.9 Å². The van der Waals surface area contributed by atoms with E-state index in [0.29, 0.717) is 31.2 Å². The first-order valence-electron chi connectivity index (χ1n) is 6.97. The molecule has 1 aromatic heterocycles. The van der Waals surface area contributed by atoms with Gasteiger partial charge in [-0.15, -0.1) is 0 Å². The van der Waals surface area contributed by atoms with Gasteiger partial charge in [0.15, 0.2) is 0 Å². The number of aromatic nitrogens is 1. The second-order valence-electron chi connectivity index (χ2n) is 5.75. The Kier molecular flexibility index (Phi) is 4.37. The first kappa shape index (κ1) is 14.5. The zero-order valence-corrected chi connectivity index (χ0v) is 12.2. The number of amides is 2. The molecule has 2 heterocycles. The molecule has 108 valence electrons. The Morgan fingerprint density at radius 1 is 1.55 bits per heavy atom. The highest BCUT2D eigenvalue weighted by molar-refractivity contribution is 5.97. The topological polar surface area (TPSA) is 62.3 Å². The smallest absolute Gasteiger partial charge is 0.230 e. The van der Waals surface area contributed by atoms with Crippen LogP contribution < -0.4 is 5.32 Å². The minimum atomic E-state index is -0.275. The largest absolute Gasteiger partial charge is 0.342 e. The normalized spacial score (nSPS) is 18.7. The third kappa shape index (κ3) is 3.35. The van der Waals surface area contributed by atoms with Crippen molar-refractivity contribution in [3.8, 4) is 0 Å². The second-order valence-corrected chi connectivity index (χ2v) is 5.75. The van der Waals surface area contributed by atoms with Crippen LogP contribution in [0.3, 0.4) is 0 Å². The van der Waals surface area contributed by atoms with E-state index in [1.165, 1.54) is 0 Å². The molecule has 1 N–H and O–H groups in total. The molecule has 1 saturated heterocycles. The summed E-state index contributed by atoms with van der Waals surface area (Å²) in [5, 5.41) is 2.82. The van der Waals surface area contributed by atoms with E-state index in [4.69, 9.17) is 0 Å². The molecule has 2 rings (SSSR count). The molecule has 5 nitrogen and oxygen atoms in total. The summed E-state index contributed by atoms with van der Waals surface area (Å²) in [4.78, 5) is 30.0. The monoisotopic (exact) mass is 275 g/mol. The van der Waals surface area contributed by atoms with Crippen molar-refractivity contribution >= 4 is 17.6 Å². The van der Waals surface area contributed by atoms with Gasteiger partial charge in [-0.2, -0.15) is 0 Å². The molecular weight excluding hydrogens is 254 g/mol. The maximum atomic E-state index is 12.2. The van der Waals surface area contributed by atoms with E-state index in [0.717, 1.165) is 5.56 Å². The van der Waals surface area contributed by atoms with Crippen LogP contribution in [0.5, 0.6) is 0 Å². The third-order valence-corrected chi connectivity index (χ3v) is 3.42. The number of likely N-dealkylation sites (tertiary alicyclic amines) is 1. The van der Waals surface area contributed by atoms with E-state index in [2.05, 4.69) is 24.1 Å². The van der Waals surface area contributed by atoms with Gasteiger partial charge in [0, 0.05) is 25.7 Å². The molecular formula is C15H21N3O2. The minimum Gasteiger partial charge on any atom is -0.342 e. The second kappa shape index (κ2) is 6.03. The SMILES string of the molecule is Cc1cccnc1NC(=O)[C@@H]1CC(=O)N(CC(C)C)C1. The third-order valence-electron chi connectivity index (χ3n) is 3.42. The summed E-state index contributed by atoms with van der Waals surface area (Å²) < 4.78 is 0. The van der Waals surface area contributed by atoms with Crippen molar-refractivity contribution in [1.29, 1.82) is 0 Å². The Balaban J connectivity index is 1.98. The van der Waals surface area contributed by atoms with Gasteiger partial charge in [0.25, 0.3) is 0 Å². The van der Waals surface area contributed by atoms with Crippen LogP contribution in [0.15, 0.2) is 18.3 Å². The summed E-state index contributed by atoms with van der Waals surface area (Å²) in [7, 11) is 0. The molecule has 1 aromatic rings. The van der Waals surface area contributed by atoms with E-state index in [1.807, 2.05) is 19.1 Å². The lowest BCUT2D eigenvalue weighted by molar-refractivity contribution is -0.128. The summed E-state index contributed by atoms with van der Waals surface area (Å²) in [5.74, 6) is 0.664. The van der Waals surface area contributed by atoms with E-state index in [1.54, 1.807) is 11.1 Å². The van der Waals surface area contributed by atoms with Crippen LogP contribution in [-0.4, -0.2) is 34.8 Å². The van der Waals surface area contributed by atoms with Gasteiger partial charge in [-0.25, -0.2) is 4.98 Å². The molecule has 0 spiro atoms.